The van der Waals surface area contributed by atoms with Crippen molar-refractivity contribution in [2.45, 2.75) is 32.1 Å². The van der Waals surface area contributed by atoms with E-state index in [0.717, 1.165) is 12.5 Å². The molecular weight excluding hydrogens is 194 g/mol. The van der Waals surface area contributed by atoms with Gasteiger partial charge in [-0.15, -0.1) is 0 Å². The molecule has 1 N–H and O–H groups in total. The maximum atomic E-state index is 3.40. The van der Waals surface area contributed by atoms with Gasteiger partial charge in [0.15, 0.2) is 0 Å². The molecule has 1 nitrogen and oxygen atoms in total. The molecule has 1 aliphatic rings. The minimum atomic E-state index is 0.839. The Morgan fingerprint density at radius 3 is 2.56 bits per heavy atom. The lowest BCUT2D eigenvalue weighted by Gasteiger charge is -2.17. The number of nitrogens with one attached hydrogen (secondary N) is 1. The number of hydrogen-bond donors (Lipinski definition) is 1. The zero-order valence-electron chi connectivity index (χ0n) is 9.86. The Hall–Kier alpha value is -1.24. The summed E-state index contributed by atoms with van der Waals surface area (Å²) in [5.41, 5.74) is 1.20. The van der Waals surface area contributed by atoms with Crippen molar-refractivity contribution in [2.75, 3.05) is 11.9 Å². The van der Waals surface area contributed by atoms with Gasteiger partial charge in [-0.05, 0) is 30.9 Å². The topological polar surface area (TPSA) is 12.0 Å². The fraction of sp³-hybridized carbons (Fsp3) is 0.467. The number of rotatable bonds is 4. The lowest BCUT2D eigenvalue weighted by molar-refractivity contribution is 0.419. The fourth-order valence-electron chi connectivity index (χ4n) is 2.32. The Balaban J connectivity index is 1.69. The lowest BCUT2D eigenvalue weighted by Crippen LogP contribution is -2.04. The van der Waals surface area contributed by atoms with E-state index in [1.807, 2.05) is 6.07 Å². The maximum absolute atomic E-state index is 3.40. The summed E-state index contributed by atoms with van der Waals surface area (Å²) in [7, 11) is 0. The molecule has 0 heterocycles. The zero-order valence-corrected chi connectivity index (χ0v) is 9.86. The number of para-hydroxylation sites is 1. The third kappa shape index (κ3) is 3.73. The molecule has 0 spiro atoms. The van der Waals surface area contributed by atoms with E-state index >= 15 is 0 Å². The van der Waals surface area contributed by atoms with E-state index in [2.05, 4.69) is 41.7 Å². The third-order valence-corrected chi connectivity index (χ3v) is 3.26. The summed E-state index contributed by atoms with van der Waals surface area (Å²) >= 11 is 0. The van der Waals surface area contributed by atoms with Crippen molar-refractivity contribution in [3.63, 3.8) is 0 Å². The molecule has 1 aromatic carbocycles. The van der Waals surface area contributed by atoms with E-state index in [9.17, 15) is 0 Å². The summed E-state index contributed by atoms with van der Waals surface area (Å²) in [6.07, 6.45) is 11.7. The second-order valence-electron chi connectivity index (χ2n) is 4.57. The first-order chi connectivity index (χ1) is 7.95. The van der Waals surface area contributed by atoms with Gasteiger partial charge < -0.3 is 5.32 Å². The summed E-state index contributed by atoms with van der Waals surface area (Å²) in [6.45, 7) is 0.945. The summed E-state index contributed by atoms with van der Waals surface area (Å²) in [5.74, 6) is 0.839. The smallest absolute Gasteiger partial charge is 0.0342 e. The Morgan fingerprint density at radius 1 is 1.06 bits per heavy atom. The molecule has 0 unspecified atom stereocenters. The number of anilines is 1. The van der Waals surface area contributed by atoms with Crippen LogP contribution in [-0.2, 0) is 0 Å². The minimum Gasteiger partial charge on any atom is -0.382 e. The zero-order chi connectivity index (χ0) is 11.1. The molecule has 0 saturated heterocycles. The summed E-state index contributed by atoms with van der Waals surface area (Å²) in [5, 5.41) is 3.40. The van der Waals surface area contributed by atoms with Crippen molar-refractivity contribution in [3.05, 3.63) is 42.5 Å². The summed E-state index contributed by atoms with van der Waals surface area (Å²) in [6, 6.07) is 10.4. The average molecular weight is 215 g/mol. The molecule has 1 heteroatoms. The molecule has 0 bridgehead atoms. The van der Waals surface area contributed by atoms with Crippen LogP contribution in [0.2, 0.25) is 0 Å². The average Bonchev–Trinajstić information content (AvgIpc) is 2.37. The van der Waals surface area contributed by atoms with Crippen molar-refractivity contribution in [2.24, 2.45) is 5.92 Å². The highest BCUT2D eigenvalue weighted by Crippen LogP contribution is 2.24. The van der Waals surface area contributed by atoms with Gasteiger partial charge in [0.05, 0.1) is 0 Å². The van der Waals surface area contributed by atoms with Crippen molar-refractivity contribution >= 4 is 5.69 Å². The fourth-order valence-corrected chi connectivity index (χ4v) is 2.32. The minimum absolute atomic E-state index is 0.839. The molecule has 1 fully saturated rings. The first-order valence-corrected chi connectivity index (χ1v) is 6.41. The molecule has 0 radical (unpaired) electrons. The largest absolute Gasteiger partial charge is 0.382 e. The van der Waals surface area contributed by atoms with E-state index in [4.69, 9.17) is 0 Å². The number of benzene rings is 1. The Kier molecular flexibility index (Phi) is 4.48. The van der Waals surface area contributed by atoms with Crippen molar-refractivity contribution in [1.29, 1.82) is 0 Å². The van der Waals surface area contributed by atoms with Crippen molar-refractivity contribution in [1.82, 2.24) is 0 Å². The van der Waals surface area contributed by atoms with Gasteiger partial charge in [0, 0.05) is 12.2 Å². The lowest BCUT2D eigenvalue weighted by atomic mass is 9.89. The molecule has 86 valence electrons. The maximum Gasteiger partial charge on any atom is 0.0342 e. The Morgan fingerprint density at radius 2 is 1.81 bits per heavy atom. The van der Waals surface area contributed by atoms with Crippen LogP contribution in [0.15, 0.2) is 42.5 Å². The molecular formula is C15H21N. The van der Waals surface area contributed by atoms with E-state index in [0.29, 0.717) is 0 Å². The van der Waals surface area contributed by atoms with Crippen LogP contribution in [-0.4, -0.2) is 6.54 Å². The predicted octanol–water partition coefficient (Wildman–Crippen LogP) is 4.24. The normalized spacial score (nSPS) is 17.8. The highest BCUT2D eigenvalue weighted by Gasteiger charge is 2.08. The van der Waals surface area contributed by atoms with E-state index in [1.165, 1.54) is 37.8 Å². The van der Waals surface area contributed by atoms with Gasteiger partial charge in [0.25, 0.3) is 0 Å². The Labute approximate surface area is 98.6 Å². The van der Waals surface area contributed by atoms with Crippen LogP contribution in [0, 0.1) is 5.92 Å². The van der Waals surface area contributed by atoms with Gasteiger partial charge in [-0.2, -0.15) is 0 Å². The van der Waals surface area contributed by atoms with Crippen LogP contribution in [0.1, 0.15) is 32.1 Å². The summed E-state index contributed by atoms with van der Waals surface area (Å²) < 4.78 is 0. The highest BCUT2D eigenvalue weighted by molar-refractivity contribution is 5.42. The second kappa shape index (κ2) is 6.37. The van der Waals surface area contributed by atoms with Gasteiger partial charge in [-0.3, -0.25) is 0 Å². The van der Waals surface area contributed by atoms with Gasteiger partial charge in [0.2, 0.25) is 0 Å². The van der Waals surface area contributed by atoms with Crippen LogP contribution < -0.4 is 5.32 Å². The van der Waals surface area contributed by atoms with Gasteiger partial charge >= 0.3 is 0 Å². The quantitative estimate of drug-likeness (QED) is 0.741. The molecule has 0 atom stereocenters. The summed E-state index contributed by atoms with van der Waals surface area (Å²) in [4.78, 5) is 0. The van der Waals surface area contributed by atoms with Gasteiger partial charge in [0.1, 0.15) is 0 Å². The predicted molar refractivity (Wildman–Crippen MR) is 70.6 cm³/mol. The molecule has 1 aliphatic carbocycles. The van der Waals surface area contributed by atoms with E-state index in [-0.39, 0.29) is 0 Å². The molecule has 0 aromatic heterocycles. The van der Waals surface area contributed by atoms with Gasteiger partial charge in [-0.1, -0.05) is 49.6 Å². The highest BCUT2D eigenvalue weighted by atomic mass is 14.8. The molecule has 1 saturated carbocycles. The second-order valence-corrected chi connectivity index (χ2v) is 4.57. The van der Waals surface area contributed by atoms with E-state index < -0.39 is 0 Å². The van der Waals surface area contributed by atoms with Gasteiger partial charge in [-0.25, -0.2) is 0 Å². The molecule has 16 heavy (non-hydrogen) atoms. The monoisotopic (exact) mass is 215 g/mol. The Bertz CT molecular complexity index is 309. The third-order valence-electron chi connectivity index (χ3n) is 3.26. The number of hydrogen-bond acceptors (Lipinski definition) is 1. The van der Waals surface area contributed by atoms with Crippen LogP contribution in [0.5, 0.6) is 0 Å². The van der Waals surface area contributed by atoms with Crippen LogP contribution in [0.25, 0.3) is 0 Å². The van der Waals surface area contributed by atoms with Crippen LogP contribution in [0.3, 0.4) is 0 Å². The SMILES string of the molecule is C(=CC1CCCCC1)CNc1ccccc1. The van der Waals surface area contributed by atoms with Crippen LogP contribution in [0.4, 0.5) is 5.69 Å². The molecule has 2 rings (SSSR count). The molecule has 1 aromatic rings. The first-order valence-electron chi connectivity index (χ1n) is 6.41. The number of allylic oxidation sites excluding steroid dienone is 1. The van der Waals surface area contributed by atoms with Crippen LogP contribution >= 0.6 is 0 Å². The molecule has 0 aliphatic heterocycles. The first kappa shape index (κ1) is 11.3. The molecule has 0 amide bonds. The van der Waals surface area contributed by atoms with E-state index in [1.54, 1.807) is 0 Å². The standard InChI is InChI=1S/C15H21N/c1-3-8-14(9-4-1)10-7-13-16-15-11-5-2-6-12-15/h2,5-7,10-12,14,16H,1,3-4,8-9,13H2. The van der Waals surface area contributed by atoms with Crippen molar-refractivity contribution in [3.8, 4) is 0 Å². The van der Waals surface area contributed by atoms with Crippen molar-refractivity contribution < 1.29 is 0 Å².